The molecule has 19 heavy (non-hydrogen) atoms. The Balaban J connectivity index is 2.37. The second kappa shape index (κ2) is 5.40. The van der Waals surface area contributed by atoms with Gasteiger partial charge in [-0.3, -0.25) is 0 Å². The van der Waals surface area contributed by atoms with Crippen molar-refractivity contribution in [3.05, 3.63) is 29.6 Å². The number of carbonyl (C=O) groups is 1. The first-order chi connectivity index (χ1) is 9.00. The van der Waals surface area contributed by atoms with Crippen molar-refractivity contribution >= 4 is 17.0 Å². The number of para-hydroxylation sites is 1. The van der Waals surface area contributed by atoms with Crippen LogP contribution in [0.15, 0.2) is 18.2 Å². The number of aryl methyl sites for hydroxylation is 2. The monoisotopic (exact) mass is 261 g/mol. The van der Waals surface area contributed by atoms with E-state index in [0.29, 0.717) is 5.52 Å². The van der Waals surface area contributed by atoms with Crippen molar-refractivity contribution in [1.29, 1.82) is 0 Å². The summed E-state index contributed by atoms with van der Waals surface area (Å²) in [6.07, 6.45) is 1.01. The van der Waals surface area contributed by atoms with Crippen molar-refractivity contribution in [2.75, 3.05) is 20.6 Å². The summed E-state index contributed by atoms with van der Waals surface area (Å²) in [7, 11) is 4.09. The number of fused-ring (bicyclic) bond motifs is 1. The molecule has 5 heteroatoms. The highest BCUT2D eigenvalue weighted by atomic mass is 16.4. The molecule has 0 saturated carbocycles. The molecule has 0 amide bonds. The van der Waals surface area contributed by atoms with Gasteiger partial charge >= 0.3 is 5.97 Å². The second-order valence-corrected chi connectivity index (χ2v) is 4.95. The maximum atomic E-state index is 11.2. The number of hydrogen-bond donors (Lipinski definition) is 1. The number of imidazole rings is 1. The number of benzene rings is 1. The Kier molecular flexibility index (Phi) is 3.85. The van der Waals surface area contributed by atoms with Crippen molar-refractivity contribution in [3.8, 4) is 0 Å². The predicted octanol–water partition coefficient (Wildman–Crippen LogP) is 1.99. The molecule has 0 aliphatic heterocycles. The summed E-state index contributed by atoms with van der Waals surface area (Å²) in [6.45, 7) is 3.77. The van der Waals surface area contributed by atoms with Crippen molar-refractivity contribution < 1.29 is 9.90 Å². The first kappa shape index (κ1) is 13.5. The Morgan fingerprint density at radius 1 is 1.42 bits per heavy atom. The summed E-state index contributed by atoms with van der Waals surface area (Å²) in [5.74, 6) is -0.0639. The summed E-state index contributed by atoms with van der Waals surface area (Å²) >= 11 is 0. The minimum atomic E-state index is -0.927. The minimum absolute atomic E-state index is 0.270. The van der Waals surface area contributed by atoms with Crippen LogP contribution in [0.25, 0.3) is 11.0 Å². The van der Waals surface area contributed by atoms with Crippen LogP contribution in [0.2, 0.25) is 0 Å². The Morgan fingerprint density at radius 2 is 2.16 bits per heavy atom. The van der Waals surface area contributed by atoms with E-state index < -0.39 is 5.97 Å². The van der Waals surface area contributed by atoms with Crippen LogP contribution in [-0.4, -0.2) is 46.2 Å². The number of aromatic carboxylic acids is 1. The molecule has 1 N–H and O–H groups in total. The SMILES string of the molecule is Cc1nc2c(C(=O)O)cccc2n1CCCN(C)C. The van der Waals surface area contributed by atoms with E-state index in [4.69, 9.17) is 0 Å². The molecule has 0 aliphatic carbocycles. The lowest BCUT2D eigenvalue weighted by Crippen LogP contribution is -2.15. The Bertz CT molecular complexity index is 602. The van der Waals surface area contributed by atoms with Gasteiger partial charge in [-0.05, 0) is 46.1 Å². The molecule has 0 atom stereocenters. The quantitative estimate of drug-likeness (QED) is 0.894. The number of rotatable bonds is 5. The lowest BCUT2D eigenvalue weighted by molar-refractivity contribution is 0.0699. The van der Waals surface area contributed by atoms with E-state index >= 15 is 0 Å². The molecule has 5 nitrogen and oxygen atoms in total. The topological polar surface area (TPSA) is 58.4 Å². The van der Waals surface area contributed by atoms with Gasteiger partial charge in [-0.1, -0.05) is 6.07 Å². The predicted molar refractivity (Wildman–Crippen MR) is 74.6 cm³/mol. The average molecular weight is 261 g/mol. The summed E-state index contributed by atoms with van der Waals surface area (Å²) in [4.78, 5) is 17.7. The zero-order valence-corrected chi connectivity index (χ0v) is 11.6. The smallest absolute Gasteiger partial charge is 0.337 e. The first-order valence-corrected chi connectivity index (χ1v) is 6.34. The second-order valence-electron chi connectivity index (χ2n) is 4.95. The van der Waals surface area contributed by atoms with E-state index in [2.05, 4.69) is 14.5 Å². The molecule has 0 unspecified atom stereocenters. The van der Waals surface area contributed by atoms with Crippen LogP contribution >= 0.6 is 0 Å². The highest BCUT2D eigenvalue weighted by molar-refractivity contribution is 6.01. The number of nitrogens with zero attached hydrogens (tertiary/aromatic N) is 3. The Hall–Kier alpha value is -1.88. The maximum Gasteiger partial charge on any atom is 0.337 e. The van der Waals surface area contributed by atoms with E-state index in [-0.39, 0.29) is 5.56 Å². The molecule has 1 aromatic carbocycles. The van der Waals surface area contributed by atoms with E-state index in [1.807, 2.05) is 27.1 Å². The van der Waals surface area contributed by atoms with E-state index in [1.165, 1.54) is 0 Å². The van der Waals surface area contributed by atoms with Crippen LogP contribution in [-0.2, 0) is 6.54 Å². The zero-order chi connectivity index (χ0) is 14.0. The van der Waals surface area contributed by atoms with Crippen LogP contribution in [0.1, 0.15) is 22.6 Å². The highest BCUT2D eigenvalue weighted by Gasteiger charge is 2.14. The fraction of sp³-hybridized carbons (Fsp3) is 0.429. The number of hydrogen-bond acceptors (Lipinski definition) is 3. The number of carboxylic acids is 1. The molecule has 2 rings (SSSR count). The molecule has 1 aromatic heterocycles. The zero-order valence-electron chi connectivity index (χ0n) is 11.6. The van der Waals surface area contributed by atoms with Gasteiger partial charge < -0.3 is 14.6 Å². The lowest BCUT2D eigenvalue weighted by Gasteiger charge is -2.11. The lowest BCUT2D eigenvalue weighted by atomic mass is 10.2. The molecule has 0 bridgehead atoms. The largest absolute Gasteiger partial charge is 0.478 e. The summed E-state index contributed by atoms with van der Waals surface area (Å²) in [6, 6.07) is 5.30. The fourth-order valence-electron chi connectivity index (χ4n) is 2.26. The van der Waals surface area contributed by atoms with Gasteiger partial charge in [0.05, 0.1) is 11.1 Å². The first-order valence-electron chi connectivity index (χ1n) is 6.34. The van der Waals surface area contributed by atoms with Crippen LogP contribution in [0, 0.1) is 6.92 Å². The highest BCUT2D eigenvalue weighted by Crippen LogP contribution is 2.20. The van der Waals surface area contributed by atoms with Gasteiger partial charge in [-0.15, -0.1) is 0 Å². The average Bonchev–Trinajstić information content (AvgIpc) is 2.65. The van der Waals surface area contributed by atoms with Crippen LogP contribution < -0.4 is 0 Å². The van der Waals surface area contributed by atoms with Gasteiger partial charge in [0, 0.05) is 6.54 Å². The fourth-order valence-corrected chi connectivity index (χ4v) is 2.26. The van der Waals surface area contributed by atoms with E-state index in [1.54, 1.807) is 12.1 Å². The third-order valence-electron chi connectivity index (χ3n) is 3.19. The molecule has 0 spiro atoms. The van der Waals surface area contributed by atoms with Crippen LogP contribution in [0.5, 0.6) is 0 Å². The molecule has 0 saturated heterocycles. The molecule has 0 radical (unpaired) electrons. The van der Waals surface area contributed by atoms with Gasteiger partial charge in [0.1, 0.15) is 11.3 Å². The molecule has 0 fully saturated rings. The Morgan fingerprint density at radius 3 is 2.79 bits per heavy atom. The van der Waals surface area contributed by atoms with Crippen molar-refractivity contribution in [3.63, 3.8) is 0 Å². The third-order valence-corrected chi connectivity index (χ3v) is 3.19. The Labute approximate surface area is 112 Å². The standard InChI is InChI=1S/C14H19N3O2/c1-10-15-13-11(14(18)19)6-4-7-12(13)17(10)9-5-8-16(2)3/h4,6-7H,5,8-9H2,1-3H3,(H,18,19). The van der Waals surface area contributed by atoms with Crippen LogP contribution in [0.4, 0.5) is 0 Å². The number of carboxylic acid groups (broad SMARTS) is 1. The van der Waals surface area contributed by atoms with E-state index in [9.17, 15) is 9.90 Å². The number of aromatic nitrogens is 2. The molecule has 1 heterocycles. The van der Waals surface area contributed by atoms with Gasteiger partial charge in [-0.2, -0.15) is 0 Å². The molecular weight excluding hydrogens is 242 g/mol. The molecule has 102 valence electrons. The molecular formula is C14H19N3O2. The van der Waals surface area contributed by atoms with E-state index in [0.717, 1.165) is 30.9 Å². The molecule has 2 aromatic rings. The maximum absolute atomic E-state index is 11.2. The van der Waals surface area contributed by atoms with Gasteiger partial charge in [0.2, 0.25) is 0 Å². The summed E-state index contributed by atoms with van der Waals surface area (Å²) in [5, 5.41) is 9.18. The van der Waals surface area contributed by atoms with Gasteiger partial charge in [-0.25, -0.2) is 9.78 Å². The minimum Gasteiger partial charge on any atom is -0.478 e. The van der Waals surface area contributed by atoms with Gasteiger partial charge in [0.15, 0.2) is 0 Å². The molecule has 0 aliphatic rings. The third kappa shape index (κ3) is 2.76. The van der Waals surface area contributed by atoms with Crippen molar-refractivity contribution in [2.45, 2.75) is 19.9 Å². The van der Waals surface area contributed by atoms with Crippen LogP contribution in [0.3, 0.4) is 0 Å². The van der Waals surface area contributed by atoms with Crippen molar-refractivity contribution in [1.82, 2.24) is 14.5 Å². The summed E-state index contributed by atoms with van der Waals surface area (Å²) < 4.78 is 2.09. The normalized spacial score (nSPS) is 11.4. The summed E-state index contributed by atoms with van der Waals surface area (Å²) in [5.41, 5.74) is 1.75. The van der Waals surface area contributed by atoms with Crippen molar-refractivity contribution in [2.24, 2.45) is 0 Å². The van der Waals surface area contributed by atoms with Gasteiger partial charge in [0.25, 0.3) is 0 Å².